The van der Waals surface area contributed by atoms with Gasteiger partial charge in [0.15, 0.2) is 0 Å². The number of alkyl halides is 15. The van der Waals surface area contributed by atoms with E-state index in [1.807, 2.05) is 0 Å². The Balaban J connectivity index is 0.00000625. The van der Waals surface area contributed by atoms with E-state index in [2.05, 4.69) is 0 Å². The van der Waals surface area contributed by atoms with E-state index in [-0.39, 0.29) is 29.6 Å². The van der Waals surface area contributed by atoms with Gasteiger partial charge in [-0.1, -0.05) is 11.1 Å². The number of halogens is 15. The predicted molar refractivity (Wildman–Crippen MR) is 47.0 cm³/mol. The van der Waals surface area contributed by atoms with Gasteiger partial charge >= 0.3 is 60.4 Å². The van der Waals surface area contributed by atoms with Crippen LogP contribution in [-0.2, 0) is 30.9 Å². The third-order valence-corrected chi connectivity index (χ3v) is 2.67. The molecule has 0 saturated carbocycles. The van der Waals surface area contributed by atoms with Crippen LogP contribution in [0.1, 0.15) is 27.8 Å². The molecule has 0 spiro atoms. The summed E-state index contributed by atoms with van der Waals surface area (Å²) in [5.74, 6) is 0. The second-order valence-corrected chi connectivity index (χ2v) is 4.36. The van der Waals surface area contributed by atoms with Crippen molar-refractivity contribution in [1.29, 1.82) is 0 Å². The molecule has 146 valence electrons. The Morgan fingerprint density at radius 1 is 0.423 bits per heavy atom. The topological polar surface area (TPSA) is 0 Å². The van der Waals surface area contributed by atoms with Crippen LogP contribution >= 0.6 is 0 Å². The molecule has 0 atom stereocenters. The maximum Gasteiger partial charge on any atom is 1.00 e. The van der Waals surface area contributed by atoms with E-state index in [0.717, 1.165) is 0 Å². The van der Waals surface area contributed by atoms with Crippen LogP contribution in [0.5, 0.6) is 0 Å². The first-order valence-electron chi connectivity index (χ1n) is 5.33. The summed E-state index contributed by atoms with van der Waals surface area (Å²) in [5.41, 5.74) is -20.5. The van der Waals surface area contributed by atoms with Crippen molar-refractivity contribution in [3.05, 3.63) is 27.8 Å². The van der Waals surface area contributed by atoms with Crippen molar-refractivity contribution in [2.24, 2.45) is 0 Å². The first kappa shape index (κ1) is 25.3. The number of rotatable bonds is 0. The maximum atomic E-state index is 12.6. The van der Waals surface area contributed by atoms with E-state index in [0.29, 0.717) is 0 Å². The van der Waals surface area contributed by atoms with Gasteiger partial charge in [0.2, 0.25) is 0 Å². The Labute approximate surface area is 154 Å². The summed E-state index contributed by atoms with van der Waals surface area (Å²) in [6, 6.07) is 0. The molecular formula is C10F15Na. The van der Waals surface area contributed by atoms with Gasteiger partial charge in [0.05, 0.1) is 0 Å². The molecule has 0 aliphatic rings. The van der Waals surface area contributed by atoms with Crippen molar-refractivity contribution in [1.82, 2.24) is 0 Å². The van der Waals surface area contributed by atoms with E-state index in [1.165, 1.54) is 0 Å². The van der Waals surface area contributed by atoms with Crippen molar-refractivity contribution in [2.75, 3.05) is 0 Å². The van der Waals surface area contributed by atoms with Crippen molar-refractivity contribution in [2.45, 2.75) is 30.9 Å². The van der Waals surface area contributed by atoms with Gasteiger partial charge in [0.1, 0.15) is 0 Å². The minimum absolute atomic E-state index is 0. The SMILES string of the molecule is FC(F)(F)c1c(C(F)(F)F)c(C(F)(F)F)[c-](C(F)(F)F)c1C(F)(F)F.[Na+]. The summed E-state index contributed by atoms with van der Waals surface area (Å²) in [6.07, 6.45) is -34.0. The summed E-state index contributed by atoms with van der Waals surface area (Å²) in [4.78, 5) is 0. The fourth-order valence-electron chi connectivity index (χ4n) is 2.04. The van der Waals surface area contributed by atoms with Crippen LogP contribution in [0.4, 0.5) is 65.9 Å². The molecule has 0 N–H and O–H groups in total. The Hall–Kier alpha value is -0.700. The van der Waals surface area contributed by atoms with Gasteiger partial charge in [0.25, 0.3) is 0 Å². The molecule has 26 heavy (non-hydrogen) atoms. The molecule has 0 fully saturated rings. The molecule has 1 aromatic carbocycles. The Bertz CT molecular complexity index is 495. The molecule has 16 heteroatoms. The van der Waals surface area contributed by atoms with Crippen LogP contribution in [0.15, 0.2) is 0 Å². The molecule has 0 radical (unpaired) electrons. The average Bonchev–Trinajstić information content (AvgIpc) is 2.61. The van der Waals surface area contributed by atoms with Crippen LogP contribution in [0.3, 0.4) is 0 Å². The van der Waals surface area contributed by atoms with Gasteiger partial charge in [0, 0.05) is 0 Å². The molecule has 1 aromatic rings. The summed E-state index contributed by atoms with van der Waals surface area (Å²) < 4.78 is 189. The van der Waals surface area contributed by atoms with Gasteiger partial charge in [-0.3, -0.25) is 0 Å². The number of hydrogen-bond acceptors (Lipinski definition) is 0. The van der Waals surface area contributed by atoms with E-state index < -0.39 is 58.7 Å². The van der Waals surface area contributed by atoms with Gasteiger partial charge < -0.3 is 0 Å². The van der Waals surface area contributed by atoms with Gasteiger partial charge in [-0.15, -0.1) is 0 Å². The molecule has 0 saturated heterocycles. The first-order valence-corrected chi connectivity index (χ1v) is 5.33. The monoisotopic (exact) mass is 428 g/mol. The second-order valence-electron chi connectivity index (χ2n) is 4.36. The third kappa shape index (κ3) is 4.77. The fraction of sp³-hybridized carbons (Fsp3) is 0.500. The minimum Gasteiger partial charge on any atom is -0.180 e. The summed E-state index contributed by atoms with van der Waals surface area (Å²) in [5, 5.41) is 0. The summed E-state index contributed by atoms with van der Waals surface area (Å²) in [7, 11) is 0. The van der Waals surface area contributed by atoms with Crippen molar-refractivity contribution >= 4 is 0 Å². The standard InChI is InChI=1S/C10F15.Na/c11-6(12,13)1-2(7(14,15)16)4(9(20,21)22)5(10(23,24)25)3(1)8(17,18)19;/q-1;+1. The zero-order valence-corrected chi connectivity index (χ0v) is 13.7. The summed E-state index contributed by atoms with van der Waals surface area (Å²) >= 11 is 0. The molecule has 0 unspecified atom stereocenters. The smallest absolute Gasteiger partial charge is 0.180 e. The maximum absolute atomic E-state index is 12.6. The molecule has 0 nitrogen and oxygen atoms in total. The van der Waals surface area contributed by atoms with Crippen molar-refractivity contribution in [3.8, 4) is 0 Å². The Morgan fingerprint density at radius 3 is 0.769 bits per heavy atom. The van der Waals surface area contributed by atoms with Gasteiger partial charge in [-0.05, 0) is 16.7 Å². The van der Waals surface area contributed by atoms with E-state index >= 15 is 0 Å². The van der Waals surface area contributed by atoms with E-state index in [4.69, 9.17) is 0 Å². The molecular weight excluding hydrogens is 428 g/mol. The zero-order valence-electron chi connectivity index (χ0n) is 11.7. The van der Waals surface area contributed by atoms with Gasteiger partial charge in [-0.25, -0.2) is 0 Å². The Kier molecular flexibility index (Phi) is 6.54. The van der Waals surface area contributed by atoms with Crippen LogP contribution in [0, 0.1) is 0 Å². The average molecular weight is 428 g/mol. The molecule has 0 aliphatic heterocycles. The largest absolute Gasteiger partial charge is 1.00 e. The number of hydrogen-bond donors (Lipinski definition) is 0. The van der Waals surface area contributed by atoms with E-state index in [9.17, 15) is 65.9 Å². The van der Waals surface area contributed by atoms with E-state index in [1.54, 1.807) is 0 Å². The zero-order chi connectivity index (χ0) is 20.4. The first-order chi connectivity index (χ1) is 10.6. The normalized spacial score (nSPS) is 14.4. The van der Waals surface area contributed by atoms with Crippen molar-refractivity contribution < 1.29 is 95.4 Å². The molecule has 0 aromatic heterocycles. The molecule has 0 heterocycles. The third-order valence-electron chi connectivity index (χ3n) is 2.67. The summed E-state index contributed by atoms with van der Waals surface area (Å²) in [6.45, 7) is 0. The van der Waals surface area contributed by atoms with Crippen LogP contribution in [0.25, 0.3) is 0 Å². The Morgan fingerprint density at radius 2 is 0.654 bits per heavy atom. The fourth-order valence-corrected chi connectivity index (χ4v) is 2.04. The quantitative estimate of drug-likeness (QED) is 0.337. The van der Waals surface area contributed by atoms with Crippen molar-refractivity contribution in [3.63, 3.8) is 0 Å². The molecule has 0 bridgehead atoms. The van der Waals surface area contributed by atoms with Crippen LogP contribution < -0.4 is 29.6 Å². The van der Waals surface area contributed by atoms with Gasteiger partial charge in [-0.2, -0.15) is 65.9 Å². The molecule has 0 amide bonds. The predicted octanol–water partition coefficient (Wildman–Crippen LogP) is 3.50. The van der Waals surface area contributed by atoms with Crippen LogP contribution in [-0.4, -0.2) is 0 Å². The minimum atomic E-state index is -6.81. The second kappa shape index (κ2) is 6.72. The van der Waals surface area contributed by atoms with Crippen LogP contribution in [0.2, 0.25) is 0 Å². The molecule has 1 rings (SSSR count). The molecule has 0 aliphatic carbocycles.